The number of carboxylic acids is 1. The van der Waals surface area contributed by atoms with Crippen LogP contribution in [0.1, 0.15) is 54.8 Å². The Morgan fingerprint density at radius 2 is 1.81 bits per heavy atom. The Morgan fingerprint density at radius 1 is 1.19 bits per heavy atom. The van der Waals surface area contributed by atoms with E-state index in [1.165, 1.54) is 14.0 Å². The molecule has 126 valence electrons. The van der Waals surface area contributed by atoms with Crippen LogP contribution in [0.2, 0.25) is 0 Å². The van der Waals surface area contributed by atoms with Gasteiger partial charge in [0, 0.05) is 20.9 Å². The van der Waals surface area contributed by atoms with Crippen LogP contribution in [0.4, 0.5) is 0 Å². The van der Waals surface area contributed by atoms with Crippen LogP contribution in [-0.4, -0.2) is 42.6 Å². The second-order valence-electron chi connectivity index (χ2n) is 4.78. The zero-order chi connectivity index (χ0) is 15.5. The summed E-state index contributed by atoms with van der Waals surface area (Å²) < 4.78 is 9.83. The maximum Gasteiger partial charge on any atom is 0.334 e. The van der Waals surface area contributed by atoms with Crippen LogP contribution in [0, 0.1) is 5.92 Å². The lowest BCUT2D eigenvalue weighted by Gasteiger charge is -2.14. The Bertz CT molecular complexity index is 332. The number of methoxy groups -OCH3 is 1. The largest absolute Gasteiger partial charge is 0.481 e. The Kier molecular flexibility index (Phi) is 12.8. The molecule has 0 heterocycles. The molecule has 0 bridgehead atoms. The number of ether oxygens (including phenoxy) is 2. The van der Waals surface area contributed by atoms with Crippen LogP contribution < -0.4 is 0 Å². The van der Waals surface area contributed by atoms with Crippen molar-refractivity contribution in [2.45, 2.75) is 59.5 Å². The molecule has 0 amide bonds. The normalized spacial score (nSPS) is 12.9. The van der Waals surface area contributed by atoms with Gasteiger partial charge in [0.1, 0.15) is 5.78 Å². The Labute approximate surface area is 128 Å². The minimum absolute atomic E-state index is 0. The fourth-order valence-corrected chi connectivity index (χ4v) is 1.73. The molecule has 0 fully saturated rings. The van der Waals surface area contributed by atoms with Crippen molar-refractivity contribution in [1.82, 2.24) is 0 Å². The molecule has 6 heteroatoms. The highest BCUT2D eigenvalue weighted by atomic mass is 16.6. The molecule has 21 heavy (non-hydrogen) atoms. The van der Waals surface area contributed by atoms with Crippen molar-refractivity contribution >= 4 is 17.7 Å². The van der Waals surface area contributed by atoms with Crippen molar-refractivity contribution in [3.8, 4) is 0 Å². The average molecular weight is 307 g/mol. The van der Waals surface area contributed by atoms with Gasteiger partial charge in [0.05, 0.1) is 6.61 Å². The molecule has 0 saturated heterocycles. The molecule has 0 aromatic carbocycles. The van der Waals surface area contributed by atoms with Gasteiger partial charge in [0.25, 0.3) is 0 Å². The van der Waals surface area contributed by atoms with Crippen molar-refractivity contribution in [3.63, 3.8) is 0 Å². The van der Waals surface area contributed by atoms with E-state index < -0.39 is 18.0 Å². The highest BCUT2D eigenvalue weighted by Gasteiger charge is 2.17. The number of carboxylic acid groups (broad SMARTS) is 1. The summed E-state index contributed by atoms with van der Waals surface area (Å²) in [5.41, 5.74) is 0. The first-order valence-corrected chi connectivity index (χ1v) is 6.80. The Balaban J connectivity index is -0.00000180. The first-order chi connectivity index (χ1) is 9.38. The van der Waals surface area contributed by atoms with Crippen molar-refractivity contribution in [2.75, 3.05) is 13.7 Å². The van der Waals surface area contributed by atoms with E-state index >= 15 is 0 Å². The highest BCUT2D eigenvalue weighted by Crippen LogP contribution is 2.15. The average Bonchev–Trinajstić information content (AvgIpc) is 2.39. The predicted octanol–water partition coefficient (Wildman–Crippen LogP) is 2.69. The van der Waals surface area contributed by atoms with Crippen LogP contribution in [0.3, 0.4) is 0 Å². The van der Waals surface area contributed by atoms with Crippen molar-refractivity contribution in [1.29, 1.82) is 0 Å². The standard InChI is InChI=1S/C14H24O6.CH4.H2/c1-10(15)12(6-4-5-7-13(16)17)8-9-20-14(18)11(2)19-3;;/h11-12H,4-9H2,1-3H3,(H,16,17);1H4;1H/i;;1+1. The van der Waals surface area contributed by atoms with Gasteiger partial charge in [-0.05, 0) is 33.1 Å². The smallest absolute Gasteiger partial charge is 0.334 e. The molecular formula is C15H30O6. The minimum atomic E-state index is -0.827. The van der Waals surface area contributed by atoms with Crippen molar-refractivity contribution in [2.24, 2.45) is 5.92 Å². The molecular weight excluding hydrogens is 276 g/mol. The quantitative estimate of drug-likeness (QED) is 0.466. The SMILES string of the molecule is C.COC(C)C(=O)OCCC(CCCCC(=O)O)C(C)=O.[2HH]. The van der Waals surface area contributed by atoms with E-state index in [-0.39, 0.29) is 33.6 Å². The molecule has 0 radical (unpaired) electrons. The minimum Gasteiger partial charge on any atom is -0.481 e. The van der Waals surface area contributed by atoms with E-state index in [9.17, 15) is 14.4 Å². The lowest BCUT2D eigenvalue weighted by Crippen LogP contribution is -2.23. The number of carbonyl (C=O) groups is 3. The van der Waals surface area contributed by atoms with E-state index in [2.05, 4.69) is 0 Å². The maximum absolute atomic E-state index is 11.5. The summed E-state index contributed by atoms with van der Waals surface area (Å²) in [6.45, 7) is 3.27. The Morgan fingerprint density at radius 3 is 2.29 bits per heavy atom. The van der Waals surface area contributed by atoms with Crippen LogP contribution in [0.5, 0.6) is 0 Å². The van der Waals surface area contributed by atoms with Gasteiger partial charge >= 0.3 is 11.9 Å². The van der Waals surface area contributed by atoms with E-state index in [4.69, 9.17) is 14.6 Å². The summed E-state index contributed by atoms with van der Waals surface area (Å²) in [5, 5.41) is 8.53. The van der Waals surface area contributed by atoms with Gasteiger partial charge < -0.3 is 14.6 Å². The van der Waals surface area contributed by atoms with E-state index in [0.29, 0.717) is 25.7 Å². The Hall–Kier alpha value is -1.43. The van der Waals surface area contributed by atoms with Gasteiger partial charge in [-0.1, -0.05) is 13.8 Å². The number of hydrogen-bond donors (Lipinski definition) is 1. The molecule has 0 aliphatic rings. The van der Waals surface area contributed by atoms with Gasteiger partial charge in [-0.25, -0.2) is 4.79 Å². The van der Waals surface area contributed by atoms with Crippen LogP contribution in [0.15, 0.2) is 0 Å². The summed E-state index contributed by atoms with van der Waals surface area (Å²) in [6, 6.07) is 0. The summed E-state index contributed by atoms with van der Waals surface area (Å²) >= 11 is 0. The molecule has 0 aliphatic heterocycles. The zero-order valence-corrected chi connectivity index (χ0v) is 12.4. The number of Topliss-reactive ketones (excluding diaryl/α,β-unsaturated/α-hetero) is 1. The molecule has 1 N–H and O–H groups in total. The molecule has 0 aliphatic carbocycles. The number of carbonyl (C=O) groups excluding carboxylic acids is 2. The second kappa shape index (κ2) is 12.3. The lowest BCUT2D eigenvalue weighted by molar-refractivity contribution is -0.155. The summed E-state index contributed by atoms with van der Waals surface area (Å²) in [6.07, 6.45) is 1.83. The summed E-state index contributed by atoms with van der Waals surface area (Å²) in [4.78, 5) is 33.2. The fourth-order valence-electron chi connectivity index (χ4n) is 1.73. The van der Waals surface area contributed by atoms with Gasteiger partial charge in [0.15, 0.2) is 6.10 Å². The maximum atomic E-state index is 11.5. The van der Waals surface area contributed by atoms with Gasteiger partial charge in [-0.2, -0.15) is 0 Å². The zero-order valence-electron chi connectivity index (χ0n) is 12.4. The van der Waals surface area contributed by atoms with Crippen LogP contribution in [-0.2, 0) is 23.9 Å². The number of rotatable bonds is 11. The monoisotopic (exact) mass is 307 g/mol. The summed E-state index contributed by atoms with van der Waals surface area (Å²) in [7, 11) is 1.42. The molecule has 2 unspecified atom stereocenters. The molecule has 0 aromatic rings. The molecule has 0 rings (SSSR count). The van der Waals surface area contributed by atoms with Crippen LogP contribution >= 0.6 is 0 Å². The van der Waals surface area contributed by atoms with E-state index in [0.717, 1.165) is 0 Å². The third-order valence-corrected chi connectivity index (χ3v) is 3.16. The van der Waals surface area contributed by atoms with Gasteiger partial charge in [-0.15, -0.1) is 0 Å². The molecule has 0 spiro atoms. The molecule has 2 atom stereocenters. The second-order valence-corrected chi connectivity index (χ2v) is 4.78. The van der Waals surface area contributed by atoms with E-state index in [1.54, 1.807) is 6.92 Å². The first-order valence-electron chi connectivity index (χ1n) is 6.80. The van der Waals surface area contributed by atoms with Crippen molar-refractivity contribution < 1.29 is 30.4 Å². The number of esters is 1. The topological polar surface area (TPSA) is 89.9 Å². The van der Waals surface area contributed by atoms with Crippen molar-refractivity contribution in [3.05, 3.63) is 0 Å². The van der Waals surface area contributed by atoms with E-state index in [1.807, 2.05) is 0 Å². The fraction of sp³-hybridized carbons (Fsp3) is 0.800. The third-order valence-electron chi connectivity index (χ3n) is 3.16. The first kappa shape index (κ1) is 21.9. The number of ketones is 1. The lowest BCUT2D eigenvalue weighted by atomic mass is 9.94. The van der Waals surface area contributed by atoms with Crippen LogP contribution in [0.25, 0.3) is 0 Å². The highest BCUT2D eigenvalue weighted by molar-refractivity contribution is 5.78. The third kappa shape index (κ3) is 11.0. The molecule has 0 saturated carbocycles. The predicted molar refractivity (Wildman–Crippen MR) is 81.2 cm³/mol. The van der Waals surface area contributed by atoms with Gasteiger partial charge in [-0.3, -0.25) is 9.59 Å². The summed E-state index contributed by atoms with van der Waals surface area (Å²) in [5.74, 6) is -1.42. The molecule has 0 aromatic heterocycles. The van der Waals surface area contributed by atoms with Gasteiger partial charge in [0.2, 0.25) is 0 Å². The number of hydrogen-bond acceptors (Lipinski definition) is 5. The molecule has 6 nitrogen and oxygen atoms in total. The number of unbranched alkanes of at least 4 members (excludes halogenated alkanes) is 1. The number of aliphatic carboxylic acids is 1.